The third-order valence-corrected chi connectivity index (χ3v) is 3.48. The Morgan fingerprint density at radius 3 is 2.68 bits per heavy atom. The van der Waals surface area contributed by atoms with Crippen LogP contribution in [0.5, 0.6) is 0 Å². The molecule has 0 unspecified atom stereocenters. The Morgan fingerprint density at radius 2 is 1.91 bits per heavy atom. The molecule has 2 aromatic carbocycles. The van der Waals surface area contributed by atoms with Gasteiger partial charge in [-0.25, -0.2) is 4.98 Å². The highest BCUT2D eigenvalue weighted by atomic mass is 35.5. The molecule has 0 saturated heterocycles. The number of fused-ring (bicyclic) bond motifs is 1. The SMILES string of the molecule is C=CC(=O)Nc1ccc(Cl)cc1-c1nc2cc(Cl)ccc2o1. The Bertz CT molecular complexity index is 887. The fraction of sp³-hybridized carbons (Fsp3) is 0. The second-order valence-corrected chi connectivity index (χ2v) is 5.39. The molecule has 3 aromatic rings. The lowest BCUT2D eigenvalue weighted by molar-refractivity contribution is -0.111. The monoisotopic (exact) mass is 332 g/mol. The van der Waals surface area contributed by atoms with E-state index in [2.05, 4.69) is 16.9 Å². The zero-order valence-electron chi connectivity index (χ0n) is 11.3. The molecule has 0 aliphatic heterocycles. The molecular formula is C16H10Cl2N2O2. The van der Waals surface area contributed by atoms with Crippen molar-refractivity contribution in [3.05, 3.63) is 59.1 Å². The van der Waals surface area contributed by atoms with Crippen molar-refractivity contribution in [3.8, 4) is 11.5 Å². The second kappa shape index (κ2) is 5.83. The third-order valence-electron chi connectivity index (χ3n) is 3.00. The lowest BCUT2D eigenvalue weighted by Crippen LogP contribution is -2.08. The molecule has 4 nitrogen and oxygen atoms in total. The minimum Gasteiger partial charge on any atom is -0.436 e. The van der Waals surface area contributed by atoms with Crippen molar-refractivity contribution in [2.75, 3.05) is 5.32 Å². The van der Waals surface area contributed by atoms with Crippen molar-refractivity contribution in [3.63, 3.8) is 0 Å². The summed E-state index contributed by atoms with van der Waals surface area (Å²) >= 11 is 12.0. The number of nitrogens with one attached hydrogen (secondary N) is 1. The molecule has 110 valence electrons. The molecule has 0 saturated carbocycles. The van der Waals surface area contributed by atoms with Crippen molar-refractivity contribution in [2.45, 2.75) is 0 Å². The Hall–Kier alpha value is -2.30. The number of benzene rings is 2. The molecule has 1 aromatic heterocycles. The number of aromatic nitrogens is 1. The average Bonchev–Trinajstić information content (AvgIpc) is 2.91. The summed E-state index contributed by atoms with van der Waals surface area (Å²) < 4.78 is 5.71. The minimum absolute atomic E-state index is 0.331. The number of carbonyl (C=O) groups excluding carboxylic acids is 1. The molecule has 22 heavy (non-hydrogen) atoms. The summed E-state index contributed by atoms with van der Waals surface area (Å²) in [4.78, 5) is 15.9. The summed E-state index contributed by atoms with van der Waals surface area (Å²) in [6, 6.07) is 10.2. The third kappa shape index (κ3) is 2.84. The van der Waals surface area contributed by atoms with Gasteiger partial charge in [0.2, 0.25) is 11.8 Å². The van der Waals surface area contributed by atoms with Crippen molar-refractivity contribution < 1.29 is 9.21 Å². The number of rotatable bonds is 3. The first-order valence-electron chi connectivity index (χ1n) is 6.36. The van der Waals surface area contributed by atoms with Gasteiger partial charge in [-0.15, -0.1) is 0 Å². The lowest BCUT2D eigenvalue weighted by Gasteiger charge is -2.07. The Balaban J connectivity index is 2.13. The van der Waals surface area contributed by atoms with Gasteiger partial charge < -0.3 is 9.73 Å². The predicted molar refractivity (Wildman–Crippen MR) is 88.3 cm³/mol. The van der Waals surface area contributed by atoms with Gasteiger partial charge in [-0.2, -0.15) is 0 Å². The van der Waals surface area contributed by atoms with E-state index in [1.54, 1.807) is 36.4 Å². The maximum Gasteiger partial charge on any atom is 0.247 e. The Morgan fingerprint density at radius 1 is 1.18 bits per heavy atom. The summed E-state index contributed by atoms with van der Waals surface area (Å²) in [6.07, 6.45) is 1.18. The molecule has 1 N–H and O–H groups in total. The maximum absolute atomic E-state index is 11.5. The number of amides is 1. The smallest absolute Gasteiger partial charge is 0.247 e. The van der Waals surface area contributed by atoms with E-state index in [0.717, 1.165) is 0 Å². The van der Waals surface area contributed by atoms with E-state index in [4.69, 9.17) is 27.6 Å². The van der Waals surface area contributed by atoms with E-state index >= 15 is 0 Å². The number of carbonyl (C=O) groups is 1. The van der Waals surface area contributed by atoms with Gasteiger partial charge in [0.1, 0.15) is 5.52 Å². The highest BCUT2D eigenvalue weighted by molar-refractivity contribution is 6.31. The van der Waals surface area contributed by atoms with Crippen molar-refractivity contribution in [2.24, 2.45) is 0 Å². The van der Waals surface area contributed by atoms with Crippen LogP contribution in [0, 0.1) is 0 Å². The van der Waals surface area contributed by atoms with Gasteiger partial charge in [0.25, 0.3) is 0 Å². The van der Waals surface area contributed by atoms with Crippen molar-refractivity contribution >= 4 is 45.9 Å². The van der Waals surface area contributed by atoms with Gasteiger partial charge in [0.05, 0.1) is 11.3 Å². The number of anilines is 1. The number of hydrogen-bond acceptors (Lipinski definition) is 3. The van der Waals surface area contributed by atoms with Gasteiger partial charge in [-0.1, -0.05) is 29.8 Å². The Kier molecular flexibility index (Phi) is 3.88. The topological polar surface area (TPSA) is 55.1 Å². The molecule has 0 spiro atoms. The lowest BCUT2D eigenvalue weighted by atomic mass is 10.1. The fourth-order valence-corrected chi connectivity index (χ4v) is 2.34. The van der Waals surface area contributed by atoms with E-state index in [-0.39, 0.29) is 5.91 Å². The van der Waals surface area contributed by atoms with Gasteiger partial charge in [-0.3, -0.25) is 4.79 Å². The van der Waals surface area contributed by atoms with Crippen LogP contribution < -0.4 is 5.32 Å². The summed E-state index contributed by atoms with van der Waals surface area (Å²) in [5.74, 6) is 0.0156. The highest BCUT2D eigenvalue weighted by Gasteiger charge is 2.14. The number of hydrogen-bond donors (Lipinski definition) is 1. The van der Waals surface area contributed by atoms with E-state index < -0.39 is 0 Å². The molecule has 6 heteroatoms. The number of halogens is 2. The molecule has 0 aliphatic rings. The molecule has 0 fully saturated rings. The molecule has 1 heterocycles. The molecule has 0 aliphatic carbocycles. The number of oxazole rings is 1. The molecule has 0 atom stereocenters. The van der Waals surface area contributed by atoms with Crippen LogP contribution in [0.1, 0.15) is 0 Å². The molecule has 0 bridgehead atoms. The molecule has 0 radical (unpaired) electrons. The standard InChI is InChI=1S/C16H10Cl2N2O2/c1-2-15(21)19-12-5-3-9(17)7-11(12)16-20-13-8-10(18)4-6-14(13)22-16/h2-8H,1H2,(H,19,21). The van der Waals surface area contributed by atoms with Gasteiger partial charge in [0, 0.05) is 10.0 Å². The van der Waals surface area contributed by atoms with E-state index in [1.165, 1.54) is 6.08 Å². The fourth-order valence-electron chi connectivity index (χ4n) is 2.00. The Labute approximate surface area is 136 Å². The van der Waals surface area contributed by atoms with Crippen LogP contribution in [-0.4, -0.2) is 10.9 Å². The summed E-state index contributed by atoms with van der Waals surface area (Å²) in [7, 11) is 0. The highest BCUT2D eigenvalue weighted by Crippen LogP contribution is 2.33. The van der Waals surface area contributed by atoms with Crippen LogP contribution in [0.3, 0.4) is 0 Å². The predicted octanol–water partition coefficient (Wildman–Crippen LogP) is 4.93. The maximum atomic E-state index is 11.5. The summed E-state index contributed by atoms with van der Waals surface area (Å²) in [5, 5.41) is 3.77. The van der Waals surface area contributed by atoms with Gasteiger partial charge in [0.15, 0.2) is 5.58 Å². The van der Waals surface area contributed by atoms with E-state index in [0.29, 0.717) is 38.3 Å². The summed E-state index contributed by atoms with van der Waals surface area (Å²) in [5.41, 5.74) is 2.34. The quantitative estimate of drug-likeness (QED) is 0.692. The minimum atomic E-state index is -0.331. The van der Waals surface area contributed by atoms with Crippen LogP contribution in [0.25, 0.3) is 22.6 Å². The second-order valence-electron chi connectivity index (χ2n) is 4.51. The van der Waals surface area contributed by atoms with Crippen LogP contribution in [0.4, 0.5) is 5.69 Å². The first kappa shape index (κ1) is 14.6. The van der Waals surface area contributed by atoms with Crippen molar-refractivity contribution in [1.82, 2.24) is 4.98 Å². The summed E-state index contributed by atoms with van der Waals surface area (Å²) in [6.45, 7) is 3.43. The molecule has 1 amide bonds. The number of nitrogens with zero attached hydrogens (tertiary/aromatic N) is 1. The van der Waals surface area contributed by atoms with Gasteiger partial charge in [-0.05, 0) is 42.5 Å². The van der Waals surface area contributed by atoms with Gasteiger partial charge >= 0.3 is 0 Å². The van der Waals surface area contributed by atoms with Crippen LogP contribution in [-0.2, 0) is 4.79 Å². The first-order valence-corrected chi connectivity index (χ1v) is 7.12. The average molecular weight is 333 g/mol. The normalized spacial score (nSPS) is 10.6. The van der Waals surface area contributed by atoms with Crippen LogP contribution >= 0.6 is 23.2 Å². The largest absolute Gasteiger partial charge is 0.436 e. The first-order chi connectivity index (χ1) is 10.6. The molecular weight excluding hydrogens is 323 g/mol. The van der Waals surface area contributed by atoms with Crippen LogP contribution in [0.15, 0.2) is 53.5 Å². The van der Waals surface area contributed by atoms with E-state index in [9.17, 15) is 4.79 Å². The zero-order valence-corrected chi connectivity index (χ0v) is 12.8. The zero-order chi connectivity index (χ0) is 15.7. The van der Waals surface area contributed by atoms with E-state index in [1.807, 2.05) is 0 Å². The van der Waals surface area contributed by atoms with Crippen molar-refractivity contribution in [1.29, 1.82) is 0 Å². The van der Waals surface area contributed by atoms with Crippen LogP contribution in [0.2, 0.25) is 10.0 Å². The molecule has 3 rings (SSSR count).